The Hall–Kier alpha value is -2.84. The lowest BCUT2D eigenvalue weighted by Crippen LogP contribution is -2.37. The number of aromatic amines is 1. The summed E-state index contributed by atoms with van der Waals surface area (Å²) in [7, 11) is 3.15. The molecule has 28 heavy (non-hydrogen) atoms. The highest BCUT2D eigenvalue weighted by Crippen LogP contribution is 2.21. The molecule has 0 spiro atoms. The summed E-state index contributed by atoms with van der Waals surface area (Å²) in [6.07, 6.45) is 0.979. The van der Waals surface area contributed by atoms with Gasteiger partial charge < -0.3 is 19.5 Å². The molecule has 1 N–H and O–H groups in total. The monoisotopic (exact) mass is 389 g/mol. The molecule has 0 saturated carbocycles. The molecule has 1 fully saturated rings. The number of pyridine rings is 1. The Morgan fingerprint density at radius 3 is 2.54 bits per heavy atom. The predicted octanol–water partition coefficient (Wildman–Crippen LogP) is 1.11. The van der Waals surface area contributed by atoms with E-state index in [0.29, 0.717) is 50.2 Å². The number of hydrogen-bond acceptors (Lipinski definition) is 5. The third-order valence-corrected chi connectivity index (χ3v) is 5.43. The Balaban J connectivity index is 1.70. The smallest absolute Gasteiger partial charge is 0.409 e. The van der Waals surface area contributed by atoms with E-state index in [4.69, 9.17) is 4.74 Å². The minimum absolute atomic E-state index is 0.00600. The molecule has 9 heteroatoms. The topological polar surface area (TPSA) is 101 Å². The number of hydrogen-bond donors (Lipinski definition) is 1. The molecule has 3 heterocycles. The quantitative estimate of drug-likeness (QED) is 0.848. The highest BCUT2D eigenvalue weighted by molar-refractivity contribution is 5.83. The van der Waals surface area contributed by atoms with Crippen molar-refractivity contribution in [1.29, 1.82) is 0 Å². The van der Waals surface area contributed by atoms with Gasteiger partial charge in [0.15, 0.2) is 0 Å². The molecule has 1 aliphatic heterocycles. The Kier molecular flexibility index (Phi) is 5.71. The van der Waals surface area contributed by atoms with Crippen LogP contribution in [0.5, 0.6) is 0 Å². The number of nitrogens with one attached hydrogen (secondary N) is 1. The molecule has 0 radical (unpaired) electrons. The number of methoxy groups -OCH3 is 1. The first kappa shape index (κ1) is 19.9. The standard InChI is InChI=1S/C19H27N5O4/c1-12-14(18(26)20-17-16(12)13(2)21-22(17)3)6-7-15(25)23-8-5-9-24(11-10-23)19(27)28-4/h5-11H2,1-4H3,(H,20,26). The second kappa shape index (κ2) is 8.04. The molecule has 2 aromatic heterocycles. The Morgan fingerprint density at radius 2 is 1.82 bits per heavy atom. The van der Waals surface area contributed by atoms with Crippen LogP contribution in [0.4, 0.5) is 4.79 Å². The van der Waals surface area contributed by atoms with Gasteiger partial charge in [0.2, 0.25) is 5.91 Å². The van der Waals surface area contributed by atoms with Crippen molar-refractivity contribution in [3.05, 3.63) is 27.2 Å². The number of carbonyl (C=O) groups is 2. The molecule has 0 aliphatic carbocycles. The Morgan fingerprint density at radius 1 is 1.14 bits per heavy atom. The first-order chi connectivity index (χ1) is 13.3. The maximum absolute atomic E-state index is 12.7. The maximum Gasteiger partial charge on any atom is 0.409 e. The highest BCUT2D eigenvalue weighted by Gasteiger charge is 2.23. The molecule has 0 aromatic carbocycles. The first-order valence-electron chi connectivity index (χ1n) is 9.49. The minimum atomic E-state index is -0.364. The van der Waals surface area contributed by atoms with Crippen molar-refractivity contribution in [2.45, 2.75) is 33.1 Å². The van der Waals surface area contributed by atoms with Crippen LogP contribution in [0.1, 0.15) is 29.7 Å². The van der Waals surface area contributed by atoms with E-state index in [0.717, 1.165) is 16.6 Å². The van der Waals surface area contributed by atoms with Crippen LogP contribution in [-0.4, -0.2) is 69.9 Å². The fourth-order valence-corrected chi connectivity index (χ4v) is 3.92. The van der Waals surface area contributed by atoms with Gasteiger partial charge in [0.05, 0.1) is 12.8 Å². The van der Waals surface area contributed by atoms with Crippen molar-refractivity contribution in [3.8, 4) is 0 Å². The summed E-state index contributed by atoms with van der Waals surface area (Å²) in [4.78, 5) is 43.2. The highest BCUT2D eigenvalue weighted by atomic mass is 16.5. The first-order valence-corrected chi connectivity index (χ1v) is 9.49. The molecule has 1 aliphatic rings. The van der Waals surface area contributed by atoms with E-state index in [9.17, 15) is 14.4 Å². The molecule has 3 rings (SSSR count). The van der Waals surface area contributed by atoms with Gasteiger partial charge in [-0.2, -0.15) is 5.10 Å². The molecule has 0 atom stereocenters. The van der Waals surface area contributed by atoms with E-state index in [1.165, 1.54) is 7.11 Å². The molecule has 152 valence electrons. The van der Waals surface area contributed by atoms with E-state index < -0.39 is 0 Å². The van der Waals surface area contributed by atoms with Crippen LogP contribution in [0.2, 0.25) is 0 Å². The molecular formula is C19H27N5O4. The number of aromatic nitrogens is 3. The van der Waals surface area contributed by atoms with Crippen LogP contribution in [0.3, 0.4) is 0 Å². The summed E-state index contributed by atoms with van der Waals surface area (Å²) in [5, 5.41) is 5.31. The lowest BCUT2D eigenvalue weighted by molar-refractivity contribution is -0.131. The SMILES string of the molecule is COC(=O)N1CCCN(C(=O)CCc2c(C)c3c(C)nn(C)c3[nH]c2=O)CC1. The van der Waals surface area contributed by atoms with Crippen molar-refractivity contribution in [1.82, 2.24) is 24.6 Å². The van der Waals surface area contributed by atoms with Crippen LogP contribution in [0, 0.1) is 13.8 Å². The van der Waals surface area contributed by atoms with Gasteiger partial charge in [-0.3, -0.25) is 14.3 Å². The van der Waals surface area contributed by atoms with E-state index in [2.05, 4.69) is 10.1 Å². The normalized spacial score (nSPS) is 15.0. The molecule has 2 amide bonds. The van der Waals surface area contributed by atoms with Crippen LogP contribution < -0.4 is 5.56 Å². The van der Waals surface area contributed by atoms with E-state index in [1.807, 2.05) is 13.8 Å². The zero-order chi connectivity index (χ0) is 20.4. The summed E-state index contributed by atoms with van der Waals surface area (Å²) < 4.78 is 6.42. The maximum atomic E-state index is 12.7. The molecule has 0 bridgehead atoms. The average molecular weight is 389 g/mol. The molecular weight excluding hydrogens is 362 g/mol. The van der Waals surface area contributed by atoms with Crippen molar-refractivity contribution in [2.75, 3.05) is 33.3 Å². The third kappa shape index (κ3) is 3.74. The molecule has 1 saturated heterocycles. The summed E-state index contributed by atoms with van der Waals surface area (Å²) in [5.41, 5.74) is 2.89. The summed E-state index contributed by atoms with van der Waals surface area (Å²) in [6, 6.07) is 0. The molecule has 9 nitrogen and oxygen atoms in total. The lowest BCUT2D eigenvalue weighted by atomic mass is 10.0. The Labute approximate surface area is 163 Å². The van der Waals surface area contributed by atoms with E-state index in [1.54, 1.807) is 21.5 Å². The van der Waals surface area contributed by atoms with Gasteiger partial charge in [-0.15, -0.1) is 0 Å². The van der Waals surface area contributed by atoms with Gasteiger partial charge in [-0.25, -0.2) is 4.79 Å². The van der Waals surface area contributed by atoms with Gasteiger partial charge in [0.25, 0.3) is 5.56 Å². The summed E-state index contributed by atoms with van der Waals surface area (Å²) >= 11 is 0. The number of rotatable bonds is 3. The van der Waals surface area contributed by atoms with E-state index in [-0.39, 0.29) is 24.0 Å². The van der Waals surface area contributed by atoms with Gasteiger partial charge >= 0.3 is 6.09 Å². The number of aryl methyl sites for hydroxylation is 3. The largest absolute Gasteiger partial charge is 0.453 e. The zero-order valence-corrected chi connectivity index (χ0v) is 16.9. The lowest BCUT2D eigenvalue weighted by Gasteiger charge is -2.21. The number of nitrogens with zero attached hydrogens (tertiary/aromatic N) is 4. The van der Waals surface area contributed by atoms with Crippen LogP contribution >= 0.6 is 0 Å². The van der Waals surface area contributed by atoms with Gasteiger partial charge in [0, 0.05) is 50.6 Å². The van der Waals surface area contributed by atoms with Crippen molar-refractivity contribution in [3.63, 3.8) is 0 Å². The van der Waals surface area contributed by atoms with Crippen LogP contribution in [0.25, 0.3) is 11.0 Å². The van der Waals surface area contributed by atoms with Gasteiger partial charge in [-0.05, 0) is 32.3 Å². The molecule has 0 unspecified atom stereocenters. The van der Waals surface area contributed by atoms with Crippen molar-refractivity contribution >= 4 is 23.0 Å². The summed E-state index contributed by atoms with van der Waals surface area (Å²) in [5.74, 6) is -0.00600. The second-order valence-corrected chi connectivity index (χ2v) is 7.18. The second-order valence-electron chi connectivity index (χ2n) is 7.18. The fourth-order valence-electron chi connectivity index (χ4n) is 3.92. The number of fused-ring (bicyclic) bond motifs is 1. The number of carbonyl (C=O) groups excluding carboxylic acids is 2. The van der Waals surface area contributed by atoms with Crippen molar-refractivity contribution in [2.24, 2.45) is 7.05 Å². The fraction of sp³-hybridized carbons (Fsp3) is 0.579. The zero-order valence-electron chi connectivity index (χ0n) is 16.9. The number of amides is 2. The average Bonchev–Trinajstić information content (AvgIpc) is 2.84. The van der Waals surface area contributed by atoms with E-state index >= 15 is 0 Å². The van der Waals surface area contributed by atoms with Crippen LogP contribution in [-0.2, 0) is 23.0 Å². The van der Waals surface area contributed by atoms with Crippen LogP contribution in [0.15, 0.2) is 4.79 Å². The van der Waals surface area contributed by atoms with Gasteiger partial charge in [-0.1, -0.05) is 0 Å². The number of H-pyrrole nitrogens is 1. The summed E-state index contributed by atoms with van der Waals surface area (Å²) in [6.45, 7) is 5.93. The van der Waals surface area contributed by atoms with Crippen molar-refractivity contribution < 1.29 is 14.3 Å². The predicted molar refractivity (Wildman–Crippen MR) is 104 cm³/mol. The molecule has 2 aromatic rings. The number of ether oxygens (including phenoxy) is 1. The minimum Gasteiger partial charge on any atom is -0.453 e. The third-order valence-electron chi connectivity index (χ3n) is 5.43. The van der Waals surface area contributed by atoms with Gasteiger partial charge in [0.1, 0.15) is 5.65 Å². The Bertz CT molecular complexity index is 961.